The van der Waals surface area contributed by atoms with Gasteiger partial charge in [0.25, 0.3) is 0 Å². The van der Waals surface area contributed by atoms with E-state index in [0.717, 1.165) is 45.4 Å². The van der Waals surface area contributed by atoms with Crippen molar-refractivity contribution in [3.63, 3.8) is 0 Å². The van der Waals surface area contributed by atoms with Gasteiger partial charge in [-0.15, -0.1) is 0 Å². The van der Waals surface area contributed by atoms with Crippen molar-refractivity contribution in [3.05, 3.63) is 35.7 Å². The van der Waals surface area contributed by atoms with Crippen LogP contribution >= 0.6 is 0 Å². The van der Waals surface area contributed by atoms with Gasteiger partial charge in [0.05, 0.1) is 5.69 Å². The molecule has 21 heavy (non-hydrogen) atoms. The fourth-order valence-corrected chi connectivity index (χ4v) is 3.04. The van der Waals surface area contributed by atoms with Crippen LogP contribution in [0.15, 0.2) is 18.5 Å². The van der Waals surface area contributed by atoms with Crippen LogP contribution in [0.25, 0.3) is 0 Å². The monoisotopic (exact) mass is 287 g/mol. The fraction of sp³-hybridized carbons (Fsp3) is 0.625. The summed E-state index contributed by atoms with van der Waals surface area (Å²) in [7, 11) is 0. The highest BCUT2D eigenvalue weighted by molar-refractivity contribution is 5.20. The Morgan fingerprint density at radius 1 is 1.33 bits per heavy atom. The summed E-state index contributed by atoms with van der Waals surface area (Å²) in [4.78, 5) is 4.88. The van der Waals surface area contributed by atoms with Gasteiger partial charge in [-0.3, -0.25) is 4.68 Å². The Bertz CT molecular complexity index is 568. The highest BCUT2D eigenvalue weighted by Gasteiger charge is 2.19. The molecule has 0 spiro atoms. The number of aromatic nitrogens is 4. The van der Waals surface area contributed by atoms with Gasteiger partial charge in [0.2, 0.25) is 0 Å². The summed E-state index contributed by atoms with van der Waals surface area (Å²) in [5.41, 5.74) is 2.71. The maximum absolute atomic E-state index is 4.88. The van der Waals surface area contributed by atoms with Gasteiger partial charge in [0.1, 0.15) is 5.82 Å². The molecule has 0 unspecified atom stereocenters. The standard InChI is InChI=1S/C16H25N5/c1-13(2)11-16-19-14-12-17-7-5-15(14)21(16)10-4-9-20-8-3-6-18-20/h3,6,8,13,17H,4-5,7,9-12H2,1-2H3. The molecular weight excluding hydrogens is 262 g/mol. The van der Waals surface area contributed by atoms with Gasteiger partial charge in [0, 0.05) is 57.1 Å². The minimum Gasteiger partial charge on any atom is -0.332 e. The predicted octanol–water partition coefficient (Wildman–Crippen LogP) is 2.01. The number of hydrogen-bond acceptors (Lipinski definition) is 3. The Balaban J connectivity index is 1.73. The van der Waals surface area contributed by atoms with E-state index in [1.165, 1.54) is 17.2 Å². The van der Waals surface area contributed by atoms with Gasteiger partial charge in [-0.1, -0.05) is 13.8 Å². The van der Waals surface area contributed by atoms with Gasteiger partial charge in [0.15, 0.2) is 0 Å². The number of nitrogens with one attached hydrogen (secondary N) is 1. The first-order chi connectivity index (χ1) is 10.2. The summed E-state index contributed by atoms with van der Waals surface area (Å²) in [6.45, 7) is 8.54. The summed E-state index contributed by atoms with van der Waals surface area (Å²) in [5.74, 6) is 1.91. The molecule has 1 aliphatic heterocycles. The fourth-order valence-electron chi connectivity index (χ4n) is 3.04. The number of nitrogens with zero attached hydrogens (tertiary/aromatic N) is 4. The van der Waals surface area contributed by atoms with Crippen molar-refractivity contribution in [1.82, 2.24) is 24.6 Å². The third-order valence-electron chi connectivity index (χ3n) is 3.98. The smallest absolute Gasteiger partial charge is 0.109 e. The van der Waals surface area contributed by atoms with Crippen LogP contribution in [0.2, 0.25) is 0 Å². The van der Waals surface area contributed by atoms with Crippen LogP contribution in [0.5, 0.6) is 0 Å². The maximum Gasteiger partial charge on any atom is 0.109 e. The van der Waals surface area contributed by atoms with Crippen molar-refractivity contribution >= 4 is 0 Å². The topological polar surface area (TPSA) is 47.7 Å². The molecule has 1 N–H and O–H groups in total. The molecule has 5 heteroatoms. The summed E-state index contributed by atoms with van der Waals surface area (Å²) >= 11 is 0. The normalized spacial score (nSPS) is 14.6. The second-order valence-electron chi connectivity index (χ2n) is 6.22. The Morgan fingerprint density at radius 2 is 2.24 bits per heavy atom. The summed E-state index contributed by atoms with van der Waals surface area (Å²) < 4.78 is 4.48. The lowest BCUT2D eigenvalue weighted by molar-refractivity contribution is 0.490. The summed E-state index contributed by atoms with van der Waals surface area (Å²) in [5, 5.41) is 7.70. The number of hydrogen-bond donors (Lipinski definition) is 1. The maximum atomic E-state index is 4.88. The van der Waals surface area contributed by atoms with Crippen molar-refractivity contribution in [1.29, 1.82) is 0 Å². The number of fused-ring (bicyclic) bond motifs is 1. The molecule has 0 fully saturated rings. The van der Waals surface area contributed by atoms with Gasteiger partial charge >= 0.3 is 0 Å². The van der Waals surface area contributed by atoms with Crippen LogP contribution < -0.4 is 5.32 Å². The van der Waals surface area contributed by atoms with Crippen LogP contribution in [-0.4, -0.2) is 25.9 Å². The van der Waals surface area contributed by atoms with Gasteiger partial charge in [-0.25, -0.2) is 4.98 Å². The molecular formula is C16H25N5. The molecule has 0 bridgehead atoms. The van der Waals surface area contributed by atoms with E-state index < -0.39 is 0 Å². The average molecular weight is 287 g/mol. The van der Waals surface area contributed by atoms with E-state index in [4.69, 9.17) is 4.98 Å². The zero-order valence-corrected chi connectivity index (χ0v) is 13.0. The second kappa shape index (κ2) is 6.43. The van der Waals surface area contributed by atoms with E-state index in [1.54, 1.807) is 0 Å². The molecule has 0 amide bonds. The average Bonchev–Trinajstić information content (AvgIpc) is 3.07. The highest BCUT2D eigenvalue weighted by atomic mass is 15.3. The number of rotatable bonds is 6. The molecule has 5 nitrogen and oxygen atoms in total. The van der Waals surface area contributed by atoms with Crippen LogP contribution in [0.1, 0.15) is 37.5 Å². The molecule has 3 rings (SSSR count). The van der Waals surface area contributed by atoms with E-state index in [0.29, 0.717) is 5.92 Å². The third-order valence-corrected chi connectivity index (χ3v) is 3.98. The Kier molecular flexibility index (Phi) is 4.39. The molecule has 0 aliphatic carbocycles. The molecule has 0 saturated carbocycles. The lowest BCUT2D eigenvalue weighted by atomic mass is 10.1. The lowest BCUT2D eigenvalue weighted by Gasteiger charge is -2.16. The molecule has 0 radical (unpaired) electrons. The Morgan fingerprint density at radius 3 is 3.00 bits per heavy atom. The number of aryl methyl sites for hydroxylation is 1. The van der Waals surface area contributed by atoms with E-state index in [-0.39, 0.29) is 0 Å². The molecule has 0 atom stereocenters. The van der Waals surface area contributed by atoms with E-state index in [9.17, 15) is 0 Å². The second-order valence-corrected chi connectivity index (χ2v) is 6.22. The zero-order valence-electron chi connectivity index (χ0n) is 13.0. The van der Waals surface area contributed by atoms with Crippen molar-refractivity contribution in [2.24, 2.45) is 5.92 Å². The molecule has 1 aliphatic rings. The minimum absolute atomic E-state index is 0.645. The number of imidazole rings is 1. The van der Waals surface area contributed by atoms with Crippen molar-refractivity contribution in [2.45, 2.75) is 52.7 Å². The minimum atomic E-state index is 0.645. The van der Waals surface area contributed by atoms with Gasteiger partial charge in [-0.05, 0) is 18.4 Å². The van der Waals surface area contributed by atoms with Crippen molar-refractivity contribution < 1.29 is 0 Å². The highest BCUT2D eigenvalue weighted by Crippen LogP contribution is 2.19. The first-order valence-electron chi connectivity index (χ1n) is 7.99. The predicted molar refractivity (Wildman–Crippen MR) is 83.0 cm³/mol. The summed E-state index contributed by atoms with van der Waals surface area (Å²) in [6.07, 6.45) is 7.14. The van der Waals surface area contributed by atoms with Crippen LogP contribution in [0.4, 0.5) is 0 Å². The molecule has 0 saturated heterocycles. The quantitative estimate of drug-likeness (QED) is 0.884. The SMILES string of the molecule is CC(C)Cc1nc2c(n1CCCn1cccn1)CCNC2. The first kappa shape index (κ1) is 14.3. The molecule has 2 aromatic rings. The summed E-state index contributed by atoms with van der Waals surface area (Å²) in [6, 6.07) is 1.98. The largest absolute Gasteiger partial charge is 0.332 e. The molecule has 2 aromatic heterocycles. The third kappa shape index (κ3) is 3.35. The molecule has 3 heterocycles. The van der Waals surface area contributed by atoms with Crippen molar-refractivity contribution in [3.8, 4) is 0 Å². The van der Waals surface area contributed by atoms with E-state index >= 15 is 0 Å². The van der Waals surface area contributed by atoms with Gasteiger partial charge < -0.3 is 9.88 Å². The van der Waals surface area contributed by atoms with Crippen molar-refractivity contribution in [2.75, 3.05) is 6.54 Å². The van der Waals surface area contributed by atoms with E-state index in [2.05, 4.69) is 28.8 Å². The van der Waals surface area contributed by atoms with Crippen LogP contribution in [-0.2, 0) is 32.5 Å². The van der Waals surface area contributed by atoms with Crippen LogP contribution in [0, 0.1) is 5.92 Å². The zero-order chi connectivity index (χ0) is 14.7. The van der Waals surface area contributed by atoms with Gasteiger partial charge in [-0.2, -0.15) is 5.10 Å². The Hall–Kier alpha value is -1.62. The van der Waals surface area contributed by atoms with E-state index in [1.807, 2.05) is 23.1 Å². The lowest BCUT2D eigenvalue weighted by Crippen LogP contribution is -2.25. The Labute approximate surface area is 126 Å². The van der Waals surface area contributed by atoms with Crippen LogP contribution in [0.3, 0.4) is 0 Å². The molecule has 0 aromatic carbocycles. The first-order valence-corrected chi connectivity index (χ1v) is 7.99. The molecule has 114 valence electrons.